The SMILES string of the molecule is COc1ccc(Cc2ccccc2)cc1Pc1ccccc1F. The van der Waals surface area contributed by atoms with Gasteiger partial charge in [-0.15, -0.1) is 0 Å². The molecule has 116 valence electrons. The normalized spacial score (nSPS) is 11.0. The van der Waals surface area contributed by atoms with E-state index in [9.17, 15) is 4.39 Å². The smallest absolute Gasteiger partial charge is 0.130 e. The van der Waals surface area contributed by atoms with Crippen molar-refractivity contribution in [1.82, 2.24) is 0 Å². The summed E-state index contributed by atoms with van der Waals surface area (Å²) in [4.78, 5) is 0. The standard InChI is InChI=1S/C20H18FOP/c1-22-18-12-11-16(13-15-7-3-2-4-8-15)14-20(18)23-19-10-6-5-9-17(19)21/h2-12,14,23H,13H2,1H3. The molecule has 0 fully saturated rings. The summed E-state index contributed by atoms with van der Waals surface area (Å²) >= 11 is 0. The maximum atomic E-state index is 13.9. The van der Waals surface area contributed by atoms with Crippen molar-refractivity contribution in [2.45, 2.75) is 6.42 Å². The van der Waals surface area contributed by atoms with Crippen LogP contribution in [0.1, 0.15) is 11.1 Å². The third kappa shape index (κ3) is 3.97. The fraction of sp³-hybridized carbons (Fsp3) is 0.100. The first-order chi connectivity index (χ1) is 11.3. The van der Waals surface area contributed by atoms with Crippen molar-refractivity contribution < 1.29 is 9.13 Å². The highest BCUT2D eigenvalue weighted by molar-refractivity contribution is 7.55. The summed E-state index contributed by atoms with van der Waals surface area (Å²) in [7, 11) is 1.89. The Labute approximate surface area is 137 Å². The van der Waals surface area contributed by atoms with Gasteiger partial charge in [0.05, 0.1) is 7.11 Å². The summed E-state index contributed by atoms with van der Waals surface area (Å²) in [5.74, 6) is 0.643. The Bertz CT molecular complexity index is 787. The van der Waals surface area contributed by atoms with Crippen molar-refractivity contribution in [2.24, 2.45) is 0 Å². The lowest BCUT2D eigenvalue weighted by Gasteiger charge is -2.12. The molecule has 0 aromatic heterocycles. The number of rotatable bonds is 5. The second-order valence-electron chi connectivity index (χ2n) is 5.30. The fourth-order valence-electron chi connectivity index (χ4n) is 2.50. The van der Waals surface area contributed by atoms with Gasteiger partial charge in [-0.05, 0) is 35.7 Å². The second kappa shape index (κ2) is 7.39. The van der Waals surface area contributed by atoms with E-state index in [1.165, 1.54) is 17.2 Å². The van der Waals surface area contributed by atoms with Crippen LogP contribution in [-0.2, 0) is 6.42 Å². The molecule has 3 rings (SSSR count). The van der Waals surface area contributed by atoms with Gasteiger partial charge < -0.3 is 4.74 Å². The highest BCUT2D eigenvalue weighted by Crippen LogP contribution is 2.22. The third-order valence-electron chi connectivity index (χ3n) is 3.66. The Morgan fingerprint density at radius 3 is 2.30 bits per heavy atom. The first-order valence-corrected chi connectivity index (χ1v) is 8.48. The van der Waals surface area contributed by atoms with E-state index in [0.717, 1.165) is 17.5 Å². The van der Waals surface area contributed by atoms with Crippen LogP contribution >= 0.6 is 8.58 Å². The molecule has 3 aromatic carbocycles. The molecule has 0 N–H and O–H groups in total. The Hall–Kier alpha value is -2.18. The van der Waals surface area contributed by atoms with E-state index in [4.69, 9.17) is 4.74 Å². The molecule has 3 heteroatoms. The first kappa shape index (κ1) is 15.7. The molecular weight excluding hydrogens is 306 g/mol. The zero-order chi connectivity index (χ0) is 16.1. The van der Waals surface area contributed by atoms with E-state index in [1.807, 2.05) is 36.4 Å². The zero-order valence-electron chi connectivity index (χ0n) is 12.9. The van der Waals surface area contributed by atoms with Crippen LogP contribution < -0.4 is 15.3 Å². The number of hydrogen-bond donors (Lipinski definition) is 0. The molecule has 0 radical (unpaired) electrons. The van der Waals surface area contributed by atoms with E-state index in [0.29, 0.717) is 5.30 Å². The molecule has 0 spiro atoms. The molecule has 3 aromatic rings. The minimum absolute atomic E-state index is 0.165. The van der Waals surface area contributed by atoms with E-state index in [-0.39, 0.29) is 14.4 Å². The van der Waals surface area contributed by atoms with Crippen LogP contribution in [0.3, 0.4) is 0 Å². The van der Waals surface area contributed by atoms with Gasteiger partial charge in [0.15, 0.2) is 0 Å². The van der Waals surface area contributed by atoms with Crippen LogP contribution in [0.5, 0.6) is 5.75 Å². The summed E-state index contributed by atoms with van der Waals surface area (Å²) in [5.41, 5.74) is 2.47. The molecule has 23 heavy (non-hydrogen) atoms. The van der Waals surface area contributed by atoms with Crippen LogP contribution in [-0.4, -0.2) is 7.11 Å². The molecule has 0 saturated heterocycles. The number of hydrogen-bond acceptors (Lipinski definition) is 1. The number of ether oxygens (including phenoxy) is 1. The lowest BCUT2D eigenvalue weighted by atomic mass is 10.1. The highest BCUT2D eigenvalue weighted by atomic mass is 31.1. The van der Waals surface area contributed by atoms with Crippen molar-refractivity contribution in [3.63, 3.8) is 0 Å². The molecule has 0 aliphatic carbocycles. The Balaban J connectivity index is 1.89. The maximum Gasteiger partial charge on any atom is 0.130 e. The Morgan fingerprint density at radius 2 is 1.57 bits per heavy atom. The number of methoxy groups -OCH3 is 1. The van der Waals surface area contributed by atoms with Crippen LogP contribution in [0.25, 0.3) is 0 Å². The average molecular weight is 324 g/mol. The topological polar surface area (TPSA) is 9.23 Å². The molecule has 1 atom stereocenters. The summed E-state index contributed by atoms with van der Waals surface area (Å²) in [5, 5.41) is 1.74. The van der Waals surface area contributed by atoms with Crippen molar-refractivity contribution in [3.05, 3.63) is 89.7 Å². The van der Waals surface area contributed by atoms with Crippen molar-refractivity contribution in [3.8, 4) is 5.75 Å². The van der Waals surface area contributed by atoms with E-state index >= 15 is 0 Å². The van der Waals surface area contributed by atoms with Gasteiger partial charge in [0.25, 0.3) is 0 Å². The largest absolute Gasteiger partial charge is 0.496 e. The average Bonchev–Trinajstić information content (AvgIpc) is 2.58. The van der Waals surface area contributed by atoms with E-state index in [2.05, 4.69) is 24.3 Å². The number of benzene rings is 3. The van der Waals surface area contributed by atoms with Crippen molar-refractivity contribution in [2.75, 3.05) is 7.11 Å². The highest BCUT2D eigenvalue weighted by Gasteiger charge is 2.09. The van der Waals surface area contributed by atoms with Crippen LogP contribution in [0, 0.1) is 5.82 Å². The zero-order valence-corrected chi connectivity index (χ0v) is 13.9. The predicted octanol–water partition coefficient (Wildman–Crippen LogP) is 4.05. The molecule has 0 amide bonds. The van der Waals surface area contributed by atoms with Gasteiger partial charge in [0.2, 0.25) is 0 Å². The summed E-state index contributed by atoms with van der Waals surface area (Å²) in [6.07, 6.45) is 0.861. The van der Waals surface area contributed by atoms with Crippen molar-refractivity contribution in [1.29, 1.82) is 0 Å². The van der Waals surface area contributed by atoms with Crippen molar-refractivity contribution >= 4 is 19.2 Å². The predicted molar refractivity (Wildman–Crippen MR) is 96.2 cm³/mol. The first-order valence-electron chi connectivity index (χ1n) is 7.48. The fourth-order valence-corrected chi connectivity index (χ4v) is 3.74. The molecule has 0 aliphatic rings. The van der Waals surface area contributed by atoms with Crippen LogP contribution in [0.2, 0.25) is 0 Å². The third-order valence-corrected chi connectivity index (χ3v) is 4.99. The molecule has 0 saturated carbocycles. The minimum Gasteiger partial charge on any atom is -0.496 e. The van der Waals surface area contributed by atoms with Gasteiger partial charge in [-0.1, -0.05) is 63.2 Å². The Kier molecular flexibility index (Phi) is 5.05. The Morgan fingerprint density at radius 1 is 0.826 bits per heavy atom. The van der Waals surface area contributed by atoms with Crippen LogP contribution in [0.4, 0.5) is 4.39 Å². The quantitative estimate of drug-likeness (QED) is 0.643. The molecule has 0 aliphatic heterocycles. The molecule has 0 bridgehead atoms. The summed E-state index contributed by atoms with van der Waals surface area (Å²) in [6.45, 7) is 0. The lowest BCUT2D eigenvalue weighted by Crippen LogP contribution is -2.10. The molecular formula is C20H18FOP. The van der Waals surface area contributed by atoms with Gasteiger partial charge in [0, 0.05) is 10.6 Å². The summed E-state index contributed by atoms with van der Waals surface area (Å²) < 4.78 is 19.4. The van der Waals surface area contributed by atoms with E-state index < -0.39 is 0 Å². The monoisotopic (exact) mass is 324 g/mol. The van der Waals surface area contributed by atoms with Gasteiger partial charge in [-0.25, -0.2) is 4.39 Å². The van der Waals surface area contributed by atoms with E-state index in [1.54, 1.807) is 13.2 Å². The summed E-state index contributed by atoms with van der Waals surface area (Å²) in [6, 6.07) is 23.4. The van der Waals surface area contributed by atoms with Gasteiger partial charge >= 0.3 is 0 Å². The minimum atomic E-state index is -0.165. The van der Waals surface area contributed by atoms with Gasteiger partial charge in [0.1, 0.15) is 11.6 Å². The lowest BCUT2D eigenvalue weighted by molar-refractivity contribution is 0.418. The van der Waals surface area contributed by atoms with Gasteiger partial charge in [-0.2, -0.15) is 0 Å². The van der Waals surface area contributed by atoms with Gasteiger partial charge in [-0.3, -0.25) is 0 Å². The molecule has 1 nitrogen and oxygen atoms in total. The maximum absolute atomic E-state index is 13.9. The molecule has 1 unspecified atom stereocenters. The number of halogens is 1. The van der Waals surface area contributed by atoms with Crippen LogP contribution in [0.15, 0.2) is 72.8 Å². The second-order valence-corrected chi connectivity index (χ2v) is 6.63. The molecule has 0 heterocycles.